The van der Waals surface area contributed by atoms with Crippen LogP contribution in [0.4, 0.5) is 16.4 Å². The molecule has 1 aliphatic rings. The van der Waals surface area contributed by atoms with Crippen molar-refractivity contribution in [2.45, 2.75) is 6.92 Å². The van der Waals surface area contributed by atoms with Crippen LogP contribution < -0.4 is 10.2 Å². The Labute approximate surface area is 204 Å². The maximum atomic E-state index is 12.8. The van der Waals surface area contributed by atoms with Crippen LogP contribution in [0.2, 0.25) is 0 Å². The van der Waals surface area contributed by atoms with E-state index in [1.165, 1.54) is 28.7 Å². The molecule has 1 aliphatic heterocycles. The molecule has 1 aromatic carbocycles. The van der Waals surface area contributed by atoms with E-state index in [1.54, 1.807) is 25.1 Å². The summed E-state index contributed by atoms with van der Waals surface area (Å²) in [7, 11) is 0. The number of para-hydroxylation sites is 2. The van der Waals surface area contributed by atoms with Crippen molar-refractivity contribution in [3.8, 4) is 10.4 Å². The maximum absolute atomic E-state index is 12.8. The Morgan fingerprint density at radius 2 is 1.88 bits per heavy atom. The molecule has 1 N–H and O–H groups in total. The van der Waals surface area contributed by atoms with Gasteiger partial charge >= 0.3 is 5.97 Å². The Kier molecular flexibility index (Phi) is 7.56. The van der Waals surface area contributed by atoms with Crippen molar-refractivity contribution >= 4 is 50.9 Å². The summed E-state index contributed by atoms with van der Waals surface area (Å²) in [6, 6.07) is 10.5. The van der Waals surface area contributed by atoms with Crippen LogP contribution in [0.3, 0.4) is 0 Å². The van der Waals surface area contributed by atoms with Crippen LogP contribution in [0.15, 0.2) is 47.2 Å². The second-order valence-electron chi connectivity index (χ2n) is 7.61. The fourth-order valence-corrected chi connectivity index (χ4v) is 5.66. The monoisotopic (exact) mass is 500 g/mol. The Morgan fingerprint density at radius 1 is 1.12 bits per heavy atom. The number of amides is 1. The number of benzene rings is 1. The van der Waals surface area contributed by atoms with E-state index in [9.17, 15) is 19.7 Å². The number of nitro benzene ring substituents is 1. The molecule has 3 aromatic rings. The summed E-state index contributed by atoms with van der Waals surface area (Å²) in [6.45, 7) is 4.50. The zero-order chi connectivity index (χ0) is 24.1. The van der Waals surface area contributed by atoms with Gasteiger partial charge in [0.05, 0.1) is 18.1 Å². The standard InChI is InChI=1S/C23H24N4O5S2/c1-2-32-23(29)21-16(19-8-5-13-33-19)15-34-22(21)24-20(28)14-25-9-11-26(12-10-25)17-6-3-4-7-18(17)27(30)31/h3-8,13,15H,2,9-12,14H2,1H3,(H,24,28). The number of piperazine rings is 1. The van der Waals surface area contributed by atoms with Gasteiger partial charge in [0, 0.05) is 48.1 Å². The number of hydrogen-bond acceptors (Lipinski definition) is 9. The van der Waals surface area contributed by atoms with Crippen molar-refractivity contribution in [1.29, 1.82) is 0 Å². The lowest BCUT2D eigenvalue weighted by Crippen LogP contribution is -2.48. The molecule has 0 bridgehead atoms. The summed E-state index contributed by atoms with van der Waals surface area (Å²) in [6.07, 6.45) is 0. The molecule has 1 fully saturated rings. The highest BCUT2D eigenvalue weighted by Gasteiger charge is 2.26. The third-order valence-corrected chi connectivity index (χ3v) is 7.27. The average molecular weight is 501 g/mol. The van der Waals surface area contributed by atoms with Gasteiger partial charge in [-0.1, -0.05) is 18.2 Å². The van der Waals surface area contributed by atoms with E-state index in [1.807, 2.05) is 32.7 Å². The number of nitrogens with one attached hydrogen (secondary N) is 1. The first-order valence-corrected chi connectivity index (χ1v) is 12.6. The number of anilines is 2. The third-order valence-electron chi connectivity index (χ3n) is 5.47. The number of carbonyl (C=O) groups is 2. The Bertz CT molecular complexity index is 1170. The number of nitro groups is 1. The highest BCUT2D eigenvalue weighted by molar-refractivity contribution is 7.17. The zero-order valence-electron chi connectivity index (χ0n) is 18.6. The molecule has 4 rings (SSSR count). The molecule has 2 aromatic heterocycles. The SMILES string of the molecule is CCOC(=O)c1c(-c2cccs2)csc1NC(=O)CN1CCN(c2ccccc2[N+](=O)[O-])CC1. The summed E-state index contributed by atoms with van der Waals surface area (Å²) in [5.41, 5.74) is 1.81. The average Bonchev–Trinajstić information content (AvgIpc) is 3.50. The van der Waals surface area contributed by atoms with E-state index in [2.05, 4.69) is 5.32 Å². The van der Waals surface area contributed by atoms with Crippen molar-refractivity contribution < 1.29 is 19.2 Å². The minimum atomic E-state index is -0.458. The van der Waals surface area contributed by atoms with E-state index in [0.29, 0.717) is 42.4 Å². The number of esters is 1. The minimum absolute atomic E-state index is 0.0828. The van der Waals surface area contributed by atoms with Gasteiger partial charge in [0.25, 0.3) is 5.69 Å². The molecule has 0 radical (unpaired) electrons. The van der Waals surface area contributed by atoms with Gasteiger partial charge in [0.15, 0.2) is 0 Å². The number of carbonyl (C=O) groups excluding carboxylic acids is 2. The van der Waals surface area contributed by atoms with E-state index in [-0.39, 0.29) is 29.7 Å². The van der Waals surface area contributed by atoms with Crippen LogP contribution in [0.5, 0.6) is 0 Å². The highest BCUT2D eigenvalue weighted by Crippen LogP contribution is 2.38. The van der Waals surface area contributed by atoms with Crippen LogP contribution in [0.1, 0.15) is 17.3 Å². The first-order valence-electron chi connectivity index (χ1n) is 10.8. The van der Waals surface area contributed by atoms with Crippen molar-refractivity contribution in [3.05, 3.63) is 62.8 Å². The molecule has 0 atom stereocenters. The number of thiophene rings is 2. The minimum Gasteiger partial charge on any atom is -0.462 e. The van der Waals surface area contributed by atoms with Gasteiger partial charge in [-0.15, -0.1) is 22.7 Å². The molecule has 11 heteroatoms. The number of rotatable bonds is 8. The van der Waals surface area contributed by atoms with Crippen molar-refractivity contribution in [1.82, 2.24) is 4.90 Å². The topological polar surface area (TPSA) is 105 Å². The van der Waals surface area contributed by atoms with Crippen LogP contribution in [0, 0.1) is 10.1 Å². The van der Waals surface area contributed by atoms with Crippen molar-refractivity contribution in [2.24, 2.45) is 0 Å². The lowest BCUT2D eigenvalue weighted by Gasteiger charge is -2.35. The summed E-state index contributed by atoms with van der Waals surface area (Å²) in [5.74, 6) is -0.676. The fourth-order valence-electron chi connectivity index (χ4n) is 3.87. The third kappa shape index (κ3) is 5.27. The molecule has 1 saturated heterocycles. The van der Waals surface area contributed by atoms with Gasteiger partial charge in [-0.3, -0.25) is 19.8 Å². The molecule has 0 spiro atoms. The Morgan fingerprint density at radius 3 is 2.56 bits per heavy atom. The first kappa shape index (κ1) is 23.9. The highest BCUT2D eigenvalue weighted by atomic mass is 32.1. The number of ether oxygens (including phenoxy) is 1. The second kappa shape index (κ2) is 10.8. The maximum Gasteiger partial charge on any atom is 0.341 e. The Hall–Kier alpha value is -3.28. The van der Waals surface area contributed by atoms with Gasteiger partial charge in [-0.25, -0.2) is 4.79 Å². The molecular formula is C23H24N4O5S2. The fraction of sp³-hybridized carbons (Fsp3) is 0.304. The predicted octanol–water partition coefficient (Wildman–Crippen LogP) is 4.32. The first-order chi connectivity index (χ1) is 16.5. The lowest BCUT2D eigenvalue weighted by molar-refractivity contribution is -0.384. The molecule has 1 amide bonds. The number of nitrogens with zero attached hydrogens (tertiary/aromatic N) is 3. The van der Waals surface area contributed by atoms with Gasteiger partial charge in [0.2, 0.25) is 5.91 Å². The van der Waals surface area contributed by atoms with Crippen molar-refractivity contribution in [2.75, 3.05) is 49.5 Å². The van der Waals surface area contributed by atoms with Crippen LogP contribution in [-0.2, 0) is 9.53 Å². The van der Waals surface area contributed by atoms with Crippen LogP contribution in [-0.4, -0.2) is 61.0 Å². The predicted molar refractivity (Wildman–Crippen MR) is 134 cm³/mol. The van der Waals surface area contributed by atoms with Crippen LogP contribution >= 0.6 is 22.7 Å². The van der Waals surface area contributed by atoms with Crippen molar-refractivity contribution in [3.63, 3.8) is 0 Å². The molecule has 0 saturated carbocycles. The summed E-state index contributed by atoms with van der Waals surface area (Å²) >= 11 is 2.82. The molecule has 0 aliphatic carbocycles. The second-order valence-corrected chi connectivity index (χ2v) is 9.44. The quantitative estimate of drug-likeness (QED) is 0.279. The summed E-state index contributed by atoms with van der Waals surface area (Å²) < 4.78 is 5.23. The summed E-state index contributed by atoms with van der Waals surface area (Å²) in [4.78, 5) is 41.3. The van der Waals surface area contributed by atoms with Gasteiger partial charge < -0.3 is 15.0 Å². The molecule has 9 nitrogen and oxygen atoms in total. The van der Waals surface area contributed by atoms with E-state index < -0.39 is 5.97 Å². The normalized spacial score (nSPS) is 14.1. The lowest BCUT2D eigenvalue weighted by atomic mass is 10.1. The van der Waals surface area contributed by atoms with Gasteiger partial charge in [-0.2, -0.15) is 0 Å². The molecule has 3 heterocycles. The Balaban J connectivity index is 1.40. The smallest absolute Gasteiger partial charge is 0.341 e. The van der Waals surface area contributed by atoms with Crippen LogP contribution in [0.25, 0.3) is 10.4 Å². The van der Waals surface area contributed by atoms with Gasteiger partial charge in [-0.05, 0) is 24.4 Å². The van der Waals surface area contributed by atoms with E-state index in [0.717, 1.165) is 10.4 Å². The molecular weight excluding hydrogens is 476 g/mol. The molecule has 34 heavy (non-hydrogen) atoms. The number of hydrogen-bond donors (Lipinski definition) is 1. The molecule has 0 unspecified atom stereocenters. The van der Waals surface area contributed by atoms with E-state index >= 15 is 0 Å². The molecule has 178 valence electrons. The van der Waals surface area contributed by atoms with Gasteiger partial charge in [0.1, 0.15) is 16.3 Å². The van der Waals surface area contributed by atoms with E-state index in [4.69, 9.17) is 4.74 Å². The summed E-state index contributed by atoms with van der Waals surface area (Å²) in [5, 5.41) is 18.5. The largest absolute Gasteiger partial charge is 0.462 e. The zero-order valence-corrected chi connectivity index (χ0v) is 20.2.